The molecule has 9 heteroatoms. The molecule has 1 N–H and O–H groups in total. The van der Waals surface area contributed by atoms with Crippen LogP contribution in [-0.2, 0) is 0 Å². The predicted octanol–water partition coefficient (Wildman–Crippen LogP) is 2.93. The van der Waals surface area contributed by atoms with Gasteiger partial charge in [-0.1, -0.05) is 18.2 Å². The van der Waals surface area contributed by atoms with Crippen LogP contribution in [0, 0.1) is 20.2 Å². The minimum absolute atomic E-state index is 0.0226. The van der Waals surface area contributed by atoms with E-state index in [1.807, 2.05) is 0 Å². The van der Waals surface area contributed by atoms with E-state index in [4.69, 9.17) is 0 Å². The fourth-order valence-corrected chi connectivity index (χ4v) is 1.83. The highest BCUT2D eigenvalue weighted by Crippen LogP contribution is 2.14. The van der Waals surface area contributed by atoms with Gasteiger partial charge in [-0.2, -0.15) is 5.10 Å². The van der Waals surface area contributed by atoms with Gasteiger partial charge < -0.3 is 0 Å². The quantitative estimate of drug-likeness (QED) is 0.491. The van der Waals surface area contributed by atoms with Crippen LogP contribution in [0.1, 0.15) is 15.9 Å². The zero-order valence-electron chi connectivity index (χ0n) is 12.7. The Balaban J connectivity index is 1.92. The first-order valence-electron chi connectivity index (χ1n) is 6.96. The molecule has 0 unspecified atom stereocenters. The molecule has 0 aromatic heterocycles. The molecule has 2 rings (SSSR count). The Morgan fingerprint density at radius 1 is 1.00 bits per heavy atom. The van der Waals surface area contributed by atoms with Gasteiger partial charge in [-0.25, -0.2) is 5.43 Å². The fraction of sp³-hybridized carbons (Fsp3) is 0. The number of non-ortho nitro benzene ring substituents is 2. The lowest BCUT2D eigenvalue weighted by Gasteiger charge is -1.98. The Hall–Kier alpha value is -3.88. The van der Waals surface area contributed by atoms with Crippen LogP contribution in [0.2, 0.25) is 0 Å². The standard InChI is InChI=1S/C16H12N4O5/c21-16(13-6-8-14(9-7-13)19(22)23)18-17-10-2-4-12-3-1-5-15(11-12)20(24)25/h1-11H,(H,18,21). The number of hydrogen-bond donors (Lipinski definition) is 1. The number of hydrogen-bond acceptors (Lipinski definition) is 6. The molecule has 0 saturated heterocycles. The second-order valence-electron chi connectivity index (χ2n) is 4.73. The number of benzene rings is 2. The van der Waals surface area contributed by atoms with Crippen molar-refractivity contribution < 1.29 is 14.6 Å². The maximum Gasteiger partial charge on any atom is 0.271 e. The summed E-state index contributed by atoms with van der Waals surface area (Å²) in [6.07, 6.45) is 4.41. The Bertz CT molecular complexity index is 859. The average Bonchev–Trinajstić information content (AvgIpc) is 2.61. The molecule has 0 aliphatic rings. The van der Waals surface area contributed by atoms with Gasteiger partial charge in [-0.3, -0.25) is 25.0 Å². The third-order valence-corrected chi connectivity index (χ3v) is 3.04. The van der Waals surface area contributed by atoms with E-state index >= 15 is 0 Å². The number of rotatable bonds is 6. The largest absolute Gasteiger partial charge is 0.271 e. The summed E-state index contributed by atoms with van der Waals surface area (Å²) in [6.45, 7) is 0. The average molecular weight is 340 g/mol. The topological polar surface area (TPSA) is 128 Å². The second kappa shape index (κ2) is 8.11. The first-order chi connectivity index (χ1) is 12.0. The lowest BCUT2D eigenvalue weighted by Crippen LogP contribution is -2.17. The molecule has 0 spiro atoms. The van der Waals surface area contributed by atoms with Gasteiger partial charge >= 0.3 is 0 Å². The number of hydrazone groups is 1. The molecule has 0 aliphatic heterocycles. The van der Waals surface area contributed by atoms with E-state index in [1.165, 1.54) is 48.7 Å². The highest BCUT2D eigenvalue weighted by molar-refractivity contribution is 5.94. The first-order valence-corrected chi connectivity index (χ1v) is 6.96. The number of nitrogens with one attached hydrogen (secondary N) is 1. The summed E-state index contributed by atoms with van der Waals surface area (Å²) in [5, 5.41) is 24.9. The van der Waals surface area contributed by atoms with Crippen molar-refractivity contribution in [2.75, 3.05) is 0 Å². The molecule has 1 amide bonds. The fourth-order valence-electron chi connectivity index (χ4n) is 1.83. The van der Waals surface area contributed by atoms with E-state index in [0.717, 1.165) is 0 Å². The Kier molecular flexibility index (Phi) is 5.67. The first kappa shape index (κ1) is 17.5. The summed E-state index contributed by atoms with van der Waals surface area (Å²) in [4.78, 5) is 31.9. The molecule has 9 nitrogen and oxygen atoms in total. The summed E-state index contributed by atoms with van der Waals surface area (Å²) in [6, 6.07) is 11.1. The number of nitro groups is 2. The van der Waals surface area contributed by atoms with Crippen LogP contribution < -0.4 is 5.43 Å². The van der Waals surface area contributed by atoms with Gasteiger partial charge in [0, 0.05) is 36.0 Å². The number of nitrogens with zero attached hydrogens (tertiary/aromatic N) is 3. The molecule has 0 aliphatic carbocycles. The van der Waals surface area contributed by atoms with Gasteiger partial charge in [0.1, 0.15) is 0 Å². The summed E-state index contributed by atoms with van der Waals surface area (Å²) in [5.41, 5.74) is 2.97. The lowest BCUT2D eigenvalue weighted by atomic mass is 10.2. The van der Waals surface area contributed by atoms with Gasteiger partial charge in [0.2, 0.25) is 0 Å². The van der Waals surface area contributed by atoms with Crippen LogP contribution in [0.25, 0.3) is 6.08 Å². The smallest absolute Gasteiger partial charge is 0.267 e. The van der Waals surface area contributed by atoms with Gasteiger partial charge in [0.15, 0.2) is 0 Å². The van der Waals surface area contributed by atoms with E-state index in [1.54, 1.807) is 18.2 Å². The normalized spacial score (nSPS) is 10.9. The zero-order chi connectivity index (χ0) is 18.2. The molecule has 0 saturated carbocycles. The Morgan fingerprint density at radius 2 is 1.68 bits per heavy atom. The molecular weight excluding hydrogens is 328 g/mol. The number of amides is 1. The van der Waals surface area contributed by atoms with Crippen LogP contribution in [0.4, 0.5) is 11.4 Å². The maximum atomic E-state index is 11.8. The highest BCUT2D eigenvalue weighted by atomic mass is 16.6. The second-order valence-corrected chi connectivity index (χ2v) is 4.73. The summed E-state index contributed by atoms with van der Waals surface area (Å²) in [5.74, 6) is -0.519. The highest BCUT2D eigenvalue weighted by Gasteiger charge is 2.08. The van der Waals surface area contributed by atoms with E-state index < -0.39 is 15.8 Å². The van der Waals surface area contributed by atoms with Gasteiger partial charge in [0.25, 0.3) is 17.3 Å². The maximum absolute atomic E-state index is 11.8. The SMILES string of the molecule is O=C(NN=CC=Cc1cccc([N+](=O)[O-])c1)c1ccc([N+](=O)[O-])cc1. The van der Waals surface area contributed by atoms with E-state index in [0.29, 0.717) is 5.56 Å². The van der Waals surface area contributed by atoms with E-state index in [9.17, 15) is 25.0 Å². The van der Waals surface area contributed by atoms with Crippen LogP contribution in [0.5, 0.6) is 0 Å². The van der Waals surface area contributed by atoms with Crippen molar-refractivity contribution in [2.45, 2.75) is 0 Å². The van der Waals surface area contributed by atoms with Crippen molar-refractivity contribution in [3.63, 3.8) is 0 Å². The molecule has 0 fully saturated rings. The van der Waals surface area contributed by atoms with Crippen molar-refractivity contribution in [3.05, 3.63) is 86.0 Å². The van der Waals surface area contributed by atoms with Gasteiger partial charge in [0.05, 0.1) is 9.85 Å². The monoisotopic (exact) mass is 340 g/mol. The van der Waals surface area contributed by atoms with Gasteiger partial charge in [-0.05, 0) is 23.8 Å². The molecule has 0 bridgehead atoms. The molecule has 0 atom stereocenters. The van der Waals surface area contributed by atoms with Crippen molar-refractivity contribution >= 4 is 29.6 Å². The number of carbonyl (C=O) groups excluding carboxylic acids is 1. The van der Waals surface area contributed by atoms with Crippen molar-refractivity contribution in [3.8, 4) is 0 Å². The minimum Gasteiger partial charge on any atom is -0.267 e. The van der Waals surface area contributed by atoms with Crippen molar-refractivity contribution in [2.24, 2.45) is 5.10 Å². The van der Waals surface area contributed by atoms with Crippen molar-refractivity contribution in [1.29, 1.82) is 0 Å². The predicted molar refractivity (Wildman–Crippen MR) is 91.2 cm³/mol. The molecule has 0 radical (unpaired) electrons. The minimum atomic E-state index is -0.557. The molecule has 0 heterocycles. The Labute approximate surface area is 141 Å². The number of carbonyl (C=O) groups is 1. The summed E-state index contributed by atoms with van der Waals surface area (Å²) >= 11 is 0. The molecule has 2 aromatic rings. The van der Waals surface area contributed by atoms with E-state index in [2.05, 4.69) is 10.5 Å². The van der Waals surface area contributed by atoms with Crippen LogP contribution in [-0.4, -0.2) is 22.0 Å². The van der Waals surface area contributed by atoms with E-state index in [-0.39, 0.29) is 16.9 Å². The van der Waals surface area contributed by atoms with Crippen LogP contribution >= 0.6 is 0 Å². The summed E-state index contributed by atoms with van der Waals surface area (Å²) < 4.78 is 0. The van der Waals surface area contributed by atoms with Crippen LogP contribution in [0.15, 0.2) is 59.7 Å². The molecule has 25 heavy (non-hydrogen) atoms. The molecule has 126 valence electrons. The molecular formula is C16H12N4O5. The number of allylic oxidation sites excluding steroid dienone is 1. The van der Waals surface area contributed by atoms with Crippen molar-refractivity contribution in [1.82, 2.24) is 5.43 Å². The molecule has 2 aromatic carbocycles. The summed E-state index contributed by atoms with van der Waals surface area (Å²) in [7, 11) is 0. The lowest BCUT2D eigenvalue weighted by molar-refractivity contribution is -0.385. The Morgan fingerprint density at radius 3 is 2.32 bits per heavy atom. The third-order valence-electron chi connectivity index (χ3n) is 3.04. The third kappa shape index (κ3) is 5.06. The van der Waals surface area contributed by atoms with Gasteiger partial charge in [-0.15, -0.1) is 0 Å². The number of nitro benzene ring substituents is 2. The zero-order valence-corrected chi connectivity index (χ0v) is 12.7. The van der Waals surface area contributed by atoms with Crippen LogP contribution in [0.3, 0.4) is 0 Å².